The number of hydrogen-bond acceptors (Lipinski definition) is 6. The van der Waals surface area contributed by atoms with Crippen molar-refractivity contribution in [3.63, 3.8) is 0 Å². The van der Waals surface area contributed by atoms with Crippen LogP contribution in [0.4, 0.5) is 0 Å². The van der Waals surface area contributed by atoms with Gasteiger partial charge < -0.3 is 9.64 Å². The topological polar surface area (TPSA) is 80.6 Å². The van der Waals surface area contributed by atoms with Crippen LogP contribution in [0, 0.1) is 6.92 Å². The van der Waals surface area contributed by atoms with Gasteiger partial charge in [0, 0.05) is 49.8 Å². The van der Waals surface area contributed by atoms with Crippen LogP contribution in [0.25, 0.3) is 11.0 Å². The van der Waals surface area contributed by atoms with Crippen molar-refractivity contribution in [3.05, 3.63) is 58.4 Å². The zero-order chi connectivity index (χ0) is 22.1. The van der Waals surface area contributed by atoms with Gasteiger partial charge in [-0.25, -0.2) is 9.78 Å². The molecule has 1 atom stereocenters. The maximum atomic E-state index is 13.1. The van der Waals surface area contributed by atoms with E-state index >= 15 is 0 Å². The van der Waals surface area contributed by atoms with Gasteiger partial charge in [-0.1, -0.05) is 29.8 Å². The summed E-state index contributed by atoms with van der Waals surface area (Å²) in [6, 6.07) is 8.51. The van der Waals surface area contributed by atoms with Crippen LogP contribution in [0.15, 0.2) is 36.5 Å². The number of rotatable bonds is 4. The third-order valence-electron chi connectivity index (χ3n) is 5.70. The van der Waals surface area contributed by atoms with Crippen molar-refractivity contribution >= 4 is 34.5 Å². The average Bonchev–Trinajstić information content (AvgIpc) is 3.08. The Hall–Kier alpha value is -2.97. The van der Waals surface area contributed by atoms with E-state index in [1.54, 1.807) is 21.8 Å². The van der Waals surface area contributed by atoms with E-state index in [9.17, 15) is 9.59 Å². The predicted molar refractivity (Wildman–Crippen MR) is 117 cm³/mol. The van der Waals surface area contributed by atoms with Crippen molar-refractivity contribution in [3.8, 4) is 0 Å². The van der Waals surface area contributed by atoms with Gasteiger partial charge in [-0.05, 0) is 24.6 Å². The summed E-state index contributed by atoms with van der Waals surface area (Å²) >= 11 is 6.35. The number of fused-ring (bicyclic) bond motifs is 1. The highest BCUT2D eigenvalue weighted by Gasteiger charge is 2.33. The number of aryl methyl sites for hydroxylation is 2. The first kappa shape index (κ1) is 21.3. The lowest BCUT2D eigenvalue weighted by Gasteiger charge is -2.38. The molecule has 1 aliphatic heterocycles. The lowest BCUT2D eigenvalue weighted by Crippen LogP contribution is -2.51. The summed E-state index contributed by atoms with van der Waals surface area (Å²) in [5, 5.41) is 5.75. The summed E-state index contributed by atoms with van der Waals surface area (Å²) in [5.41, 5.74) is 2.83. The molecule has 1 saturated heterocycles. The van der Waals surface area contributed by atoms with Crippen LogP contribution in [-0.2, 0) is 16.6 Å². The highest BCUT2D eigenvalue weighted by Crippen LogP contribution is 2.29. The van der Waals surface area contributed by atoms with Gasteiger partial charge in [0.1, 0.15) is 6.04 Å². The van der Waals surface area contributed by atoms with Gasteiger partial charge >= 0.3 is 5.97 Å². The number of aromatic nitrogens is 3. The van der Waals surface area contributed by atoms with Gasteiger partial charge in [0.25, 0.3) is 5.91 Å². The molecule has 0 spiro atoms. The number of ether oxygens (including phenoxy) is 1. The van der Waals surface area contributed by atoms with E-state index in [1.807, 2.05) is 43.1 Å². The fourth-order valence-corrected chi connectivity index (χ4v) is 4.31. The zero-order valence-electron chi connectivity index (χ0n) is 17.7. The second kappa shape index (κ2) is 8.64. The summed E-state index contributed by atoms with van der Waals surface area (Å²) < 4.78 is 6.74. The average molecular weight is 442 g/mol. The number of amides is 1. The molecule has 0 aliphatic carbocycles. The molecule has 9 heteroatoms. The number of carbonyl (C=O) groups excluding carboxylic acids is 2. The fraction of sp³-hybridized carbons (Fsp3) is 0.364. The van der Waals surface area contributed by atoms with E-state index in [4.69, 9.17) is 16.3 Å². The number of nitrogens with zero attached hydrogens (tertiary/aromatic N) is 5. The molecule has 0 N–H and O–H groups in total. The molecular weight excluding hydrogens is 418 g/mol. The maximum absolute atomic E-state index is 13.1. The first-order chi connectivity index (χ1) is 14.9. The van der Waals surface area contributed by atoms with Crippen molar-refractivity contribution in [2.45, 2.75) is 13.0 Å². The number of methoxy groups -OCH3 is 1. The monoisotopic (exact) mass is 441 g/mol. The minimum Gasteiger partial charge on any atom is -0.468 e. The first-order valence-electron chi connectivity index (χ1n) is 10.1. The van der Waals surface area contributed by atoms with Gasteiger partial charge in [0.15, 0.2) is 5.65 Å². The number of hydrogen-bond donors (Lipinski definition) is 0. The third-order valence-corrected chi connectivity index (χ3v) is 6.05. The van der Waals surface area contributed by atoms with Crippen LogP contribution >= 0.6 is 11.6 Å². The number of piperazine rings is 1. The highest BCUT2D eigenvalue weighted by atomic mass is 35.5. The molecule has 162 valence electrons. The highest BCUT2D eigenvalue weighted by molar-refractivity contribution is 6.31. The normalized spacial score (nSPS) is 15.8. The molecule has 3 aromatic rings. The zero-order valence-corrected chi connectivity index (χ0v) is 18.5. The van der Waals surface area contributed by atoms with Crippen molar-refractivity contribution < 1.29 is 14.3 Å². The molecule has 3 heterocycles. The molecule has 0 unspecified atom stereocenters. The van der Waals surface area contributed by atoms with E-state index in [0.717, 1.165) is 16.7 Å². The van der Waals surface area contributed by atoms with Gasteiger partial charge in [0.2, 0.25) is 0 Å². The molecule has 1 aliphatic rings. The number of esters is 1. The molecule has 1 amide bonds. The Morgan fingerprint density at radius 2 is 1.87 bits per heavy atom. The van der Waals surface area contributed by atoms with Crippen molar-refractivity contribution in [1.82, 2.24) is 24.6 Å². The SMILES string of the molecule is COC(=O)[C@@H](c1ccccc1Cl)N1CCN(C(=O)c2cnc3c(c2)c(C)nn3C)CC1. The largest absolute Gasteiger partial charge is 0.468 e. The van der Waals surface area contributed by atoms with Crippen molar-refractivity contribution in [1.29, 1.82) is 0 Å². The van der Waals surface area contributed by atoms with E-state index in [-0.39, 0.29) is 11.9 Å². The van der Waals surface area contributed by atoms with Crippen molar-refractivity contribution in [2.24, 2.45) is 7.05 Å². The number of pyridine rings is 1. The van der Waals surface area contributed by atoms with E-state index in [2.05, 4.69) is 10.1 Å². The molecule has 31 heavy (non-hydrogen) atoms. The van der Waals surface area contributed by atoms with E-state index < -0.39 is 6.04 Å². The predicted octanol–water partition coefficient (Wildman–Crippen LogP) is 2.60. The third kappa shape index (κ3) is 4.00. The minimum atomic E-state index is -0.605. The molecular formula is C22H24ClN5O3. The first-order valence-corrected chi connectivity index (χ1v) is 10.4. The molecule has 2 aromatic heterocycles. The Labute approximate surface area is 185 Å². The Morgan fingerprint density at radius 1 is 1.16 bits per heavy atom. The Bertz CT molecular complexity index is 1140. The summed E-state index contributed by atoms with van der Waals surface area (Å²) in [6.45, 7) is 3.93. The molecule has 1 aromatic carbocycles. The molecule has 0 bridgehead atoms. The molecule has 0 saturated carbocycles. The minimum absolute atomic E-state index is 0.0790. The van der Waals surface area contributed by atoms with Crippen LogP contribution in [0.5, 0.6) is 0 Å². The van der Waals surface area contributed by atoms with E-state index in [0.29, 0.717) is 42.3 Å². The van der Waals surface area contributed by atoms with Crippen molar-refractivity contribution in [2.75, 3.05) is 33.3 Å². The molecule has 8 nitrogen and oxygen atoms in total. The Balaban J connectivity index is 1.51. The summed E-state index contributed by atoms with van der Waals surface area (Å²) in [6.07, 6.45) is 1.60. The van der Waals surface area contributed by atoms with E-state index in [1.165, 1.54) is 7.11 Å². The lowest BCUT2D eigenvalue weighted by atomic mass is 10.0. The van der Waals surface area contributed by atoms with Crippen LogP contribution in [0.2, 0.25) is 5.02 Å². The Kier molecular flexibility index (Phi) is 5.93. The van der Waals surface area contributed by atoms with Gasteiger partial charge in [-0.15, -0.1) is 0 Å². The van der Waals surface area contributed by atoms with Crippen LogP contribution in [0.1, 0.15) is 27.7 Å². The van der Waals surface area contributed by atoms with Crippen LogP contribution in [-0.4, -0.2) is 69.7 Å². The maximum Gasteiger partial charge on any atom is 0.327 e. The van der Waals surface area contributed by atoms with Gasteiger partial charge in [0.05, 0.1) is 18.4 Å². The van der Waals surface area contributed by atoms with Gasteiger partial charge in [-0.2, -0.15) is 5.10 Å². The Morgan fingerprint density at radius 3 is 2.55 bits per heavy atom. The quantitative estimate of drug-likeness (QED) is 0.579. The summed E-state index contributed by atoms with van der Waals surface area (Å²) in [4.78, 5) is 33.8. The number of halogens is 1. The van der Waals surface area contributed by atoms with Gasteiger partial charge in [-0.3, -0.25) is 14.4 Å². The number of carbonyl (C=O) groups is 2. The lowest BCUT2D eigenvalue weighted by molar-refractivity contribution is -0.148. The molecule has 4 rings (SSSR count). The van der Waals surface area contributed by atoms with Crippen LogP contribution in [0.3, 0.4) is 0 Å². The molecule has 0 radical (unpaired) electrons. The second-order valence-corrected chi connectivity index (χ2v) is 7.99. The number of benzene rings is 1. The molecule has 1 fully saturated rings. The smallest absolute Gasteiger partial charge is 0.327 e. The second-order valence-electron chi connectivity index (χ2n) is 7.58. The standard InChI is InChI=1S/C22H24ClN5O3/c1-14-17-12-15(13-24-20(17)26(2)25-14)21(29)28-10-8-27(9-11-28)19(22(30)31-3)16-6-4-5-7-18(16)23/h4-7,12-13,19H,8-11H2,1-3H3/t19-/m1/s1. The van der Waals surface area contributed by atoms with Crippen LogP contribution < -0.4 is 0 Å². The fourth-order valence-electron chi connectivity index (χ4n) is 4.07. The summed E-state index contributed by atoms with van der Waals surface area (Å²) in [7, 11) is 3.20. The summed E-state index contributed by atoms with van der Waals surface area (Å²) in [5.74, 6) is -0.445.